The van der Waals surface area contributed by atoms with E-state index in [2.05, 4.69) is 14.7 Å². The molecule has 106 valence electrons. The normalized spacial score (nSPS) is 20.9. The van der Waals surface area contributed by atoms with Crippen LogP contribution in [0.4, 0.5) is 9.52 Å². The van der Waals surface area contributed by atoms with Crippen molar-refractivity contribution in [1.82, 2.24) is 9.36 Å². The number of benzene rings is 1. The molecular weight excluding hydrogens is 277 g/mol. The predicted octanol–water partition coefficient (Wildman–Crippen LogP) is 2.83. The topological polar surface area (TPSA) is 47.0 Å². The number of nitrogens with zero attached hydrogens (tertiary/aromatic N) is 2. The molecular formula is C14H16FN3OS. The van der Waals surface area contributed by atoms with Crippen molar-refractivity contribution in [2.45, 2.75) is 24.8 Å². The van der Waals surface area contributed by atoms with Gasteiger partial charge in [0.1, 0.15) is 11.6 Å². The number of halogens is 1. The summed E-state index contributed by atoms with van der Waals surface area (Å²) in [5.74, 6) is 1.08. The maximum Gasteiger partial charge on any atom is 0.202 e. The molecule has 0 aliphatic heterocycles. The summed E-state index contributed by atoms with van der Waals surface area (Å²) < 4.78 is 22.2. The number of ether oxygens (including phenoxy) is 1. The second-order valence-corrected chi connectivity index (χ2v) is 5.65. The molecule has 4 nitrogen and oxygen atoms in total. The first kappa shape index (κ1) is 13.5. The average Bonchev–Trinajstić information content (AvgIpc) is 3.06. The van der Waals surface area contributed by atoms with Crippen LogP contribution in [-0.2, 0) is 11.2 Å². The highest BCUT2D eigenvalue weighted by Crippen LogP contribution is 2.42. The van der Waals surface area contributed by atoms with Gasteiger partial charge in [-0.1, -0.05) is 12.1 Å². The lowest BCUT2D eigenvalue weighted by Crippen LogP contribution is -2.04. The molecule has 1 fully saturated rings. The zero-order valence-electron chi connectivity index (χ0n) is 11.2. The Kier molecular flexibility index (Phi) is 3.93. The van der Waals surface area contributed by atoms with Crippen molar-refractivity contribution in [1.29, 1.82) is 0 Å². The van der Waals surface area contributed by atoms with E-state index in [1.165, 1.54) is 29.2 Å². The van der Waals surface area contributed by atoms with Gasteiger partial charge >= 0.3 is 0 Å². The molecule has 0 saturated heterocycles. The molecule has 1 aliphatic carbocycles. The Hall–Kier alpha value is -1.53. The van der Waals surface area contributed by atoms with E-state index >= 15 is 0 Å². The van der Waals surface area contributed by atoms with Gasteiger partial charge in [-0.25, -0.2) is 9.37 Å². The highest BCUT2D eigenvalue weighted by Gasteiger charge is 2.38. The second kappa shape index (κ2) is 5.85. The molecule has 1 N–H and O–H groups in total. The van der Waals surface area contributed by atoms with E-state index < -0.39 is 0 Å². The molecule has 20 heavy (non-hydrogen) atoms. The summed E-state index contributed by atoms with van der Waals surface area (Å²) >= 11 is 1.38. The van der Waals surface area contributed by atoms with Gasteiger partial charge in [0.05, 0.1) is 6.61 Å². The highest BCUT2D eigenvalue weighted by molar-refractivity contribution is 7.09. The molecule has 1 aliphatic rings. The predicted molar refractivity (Wildman–Crippen MR) is 76.7 cm³/mol. The Balaban J connectivity index is 1.55. The molecule has 1 aromatic carbocycles. The number of hydrogen-bond donors (Lipinski definition) is 1. The maximum absolute atomic E-state index is 12.9. The van der Waals surface area contributed by atoms with Gasteiger partial charge in [0.15, 0.2) is 0 Å². The Morgan fingerprint density at radius 3 is 2.95 bits per heavy atom. The van der Waals surface area contributed by atoms with Crippen molar-refractivity contribution in [3.05, 3.63) is 41.5 Å². The van der Waals surface area contributed by atoms with Gasteiger partial charge in [-0.15, -0.1) is 0 Å². The third kappa shape index (κ3) is 3.13. The van der Waals surface area contributed by atoms with E-state index in [1.54, 1.807) is 7.11 Å². The van der Waals surface area contributed by atoms with Crippen molar-refractivity contribution in [2.24, 2.45) is 0 Å². The van der Waals surface area contributed by atoms with E-state index in [0.717, 1.165) is 23.8 Å². The van der Waals surface area contributed by atoms with Crippen molar-refractivity contribution in [3.8, 4) is 0 Å². The fourth-order valence-electron chi connectivity index (χ4n) is 2.20. The van der Waals surface area contributed by atoms with Crippen LogP contribution in [0.2, 0.25) is 0 Å². The fourth-order valence-corrected chi connectivity index (χ4v) is 2.87. The van der Waals surface area contributed by atoms with Crippen LogP contribution >= 0.6 is 11.5 Å². The first-order valence-electron chi connectivity index (χ1n) is 6.60. The maximum atomic E-state index is 12.9. The molecule has 0 amide bonds. The number of aromatic nitrogens is 2. The van der Waals surface area contributed by atoms with Crippen LogP contribution in [0.5, 0.6) is 0 Å². The van der Waals surface area contributed by atoms with Crippen molar-refractivity contribution >= 4 is 16.7 Å². The molecule has 1 heterocycles. The van der Waals surface area contributed by atoms with Crippen molar-refractivity contribution in [2.75, 3.05) is 19.0 Å². The van der Waals surface area contributed by atoms with Crippen molar-refractivity contribution in [3.63, 3.8) is 0 Å². The van der Waals surface area contributed by atoms with E-state index in [4.69, 9.17) is 4.74 Å². The quantitative estimate of drug-likeness (QED) is 0.889. The van der Waals surface area contributed by atoms with Crippen LogP contribution in [0.25, 0.3) is 0 Å². The van der Waals surface area contributed by atoms with Crippen LogP contribution in [-0.4, -0.2) is 29.1 Å². The van der Waals surface area contributed by atoms with Crippen LogP contribution in [0, 0.1) is 5.82 Å². The SMILES string of the molecule is COCCc1nsc(N[C@@H]2C[C@H]2c2ccc(F)cc2)n1. The van der Waals surface area contributed by atoms with Crippen LogP contribution in [0.15, 0.2) is 24.3 Å². The molecule has 0 spiro atoms. The zero-order valence-corrected chi connectivity index (χ0v) is 12.0. The summed E-state index contributed by atoms with van der Waals surface area (Å²) in [7, 11) is 1.67. The monoisotopic (exact) mass is 293 g/mol. The van der Waals surface area contributed by atoms with Crippen LogP contribution < -0.4 is 5.32 Å². The van der Waals surface area contributed by atoms with Gasteiger partial charge in [-0.3, -0.25) is 0 Å². The smallest absolute Gasteiger partial charge is 0.202 e. The molecule has 3 rings (SSSR count). The summed E-state index contributed by atoms with van der Waals surface area (Å²) in [4.78, 5) is 4.43. The van der Waals surface area contributed by atoms with E-state index in [-0.39, 0.29) is 5.82 Å². The Bertz CT molecular complexity index is 572. The first-order valence-corrected chi connectivity index (χ1v) is 7.37. The lowest BCUT2D eigenvalue weighted by Gasteiger charge is -2.01. The lowest BCUT2D eigenvalue weighted by molar-refractivity contribution is 0.201. The third-order valence-electron chi connectivity index (χ3n) is 3.40. The van der Waals surface area contributed by atoms with Gasteiger partial charge in [0.2, 0.25) is 5.13 Å². The summed E-state index contributed by atoms with van der Waals surface area (Å²) in [6.07, 6.45) is 1.79. The van der Waals surface area contributed by atoms with E-state index in [1.807, 2.05) is 12.1 Å². The number of hydrogen-bond acceptors (Lipinski definition) is 5. The van der Waals surface area contributed by atoms with Crippen molar-refractivity contribution < 1.29 is 9.13 Å². The van der Waals surface area contributed by atoms with Gasteiger partial charge in [0, 0.05) is 37.0 Å². The molecule has 1 saturated carbocycles. The fraction of sp³-hybridized carbons (Fsp3) is 0.429. The standard InChI is InChI=1S/C14H16FN3OS/c1-19-7-6-13-17-14(20-18-13)16-12-8-11(12)9-2-4-10(15)5-3-9/h2-5,11-12H,6-8H2,1H3,(H,16,17,18)/t11-,12+/m0/s1. The Morgan fingerprint density at radius 2 is 2.20 bits per heavy atom. The minimum Gasteiger partial charge on any atom is -0.384 e. The summed E-state index contributed by atoms with van der Waals surface area (Å²) in [5.41, 5.74) is 1.17. The van der Waals surface area contributed by atoms with Crippen LogP contribution in [0.1, 0.15) is 23.7 Å². The molecule has 2 aromatic rings. The molecule has 1 aromatic heterocycles. The largest absolute Gasteiger partial charge is 0.384 e. The molecule has 6 heteroatoms. The first-order chi connectivity index (χ1) is 9.76. The number of methoxy groups -OCH3 is 1. The zero-order chi connectivity index (χ0) is 13.9. The van der Waals surface area contributed by atoms with Gasteiger partial charge < -0.3 is 10.1 Å². The summed E-state index contributed by atoms with van der Waals surface area (Å²) in [5, 5.41) is 4.24. The number of anilines is 1. The van der Waals surface area contributed by atoms with Crippen LogP contribution in [0.3, 0.4) is 0 Å². The Morgan fingerprint density at radius 1 is 1.40 bits per heavy atom. The van der Waals surface area contributed by atoms with Gasteiger partial charge in [-0.05, 0) is 24.1 Å². The minimum atomic E-state index is -0.189. The summed E-state index contributed by atoms with van der Waals surface area (Å²) in [6, 6.07) is 7.11. The lowest BCUT2D eigenvalue weighted by atomic mass is 10.1. The minimum absolute atomic E-state index is 0.189. The number of nitrogens with one attached hydrogen (secondary N) is 1. The second-order valence-electron chi connectivity index (χ2n) is 4.90. The highest BCUT2D eigenvalue weighted by atomic mass is 32.1. The van der Waals surface area contributed by atoms with E-state index in [9.17, 15) is 4.39 Å². The summed E-state index contributed by atoms with van der Waals surface area (Å²) in [6.45, 7) is 0.637. The van der Waals surface area contributed by atoms with Gasteiger partial charge in [-0.2, -0.15) is 4.37 Å². The molecule has 0 radical (unpaired) electrons. The Labute approximate surface area is 121 Å². The molecule has 2 atom stereocenters. The molecule has 0 unspecified atom stereocenters. The average molecular weight is 293 g/mol. The third-order valence-corrected chi connectivity index (χ3v) is 4.08. The molecule has 0 bridgehead atoms. The number of rotatable bonds is 6. The van der Waals surface area contributed by atoms with Gasteiger partial charge in [0.25, 0.3) is 0 Å². The van der Waals surface area contributed by atoms with E-state index in [0.29, 0.717) is 18.6 Å².